The number of methoxy groups -OCH3 is 1. The van der Waals surface area contributed by atoms with E-state index in [1.54, 1.807) is 25.1 Å². The van der Waals surface area contributed by atoms with Crippen LogP contribution in [0.5, 0.6) is 5.75 Å². The van der Waals surface area contributed by atoms with Gasteiger partial charge in [0.15, 0.2) is 10.9 Å². The van der Waals surface area contributed by atoms with Crippen LogP contribution in [0.3, 0.4) is 0 Å². The molecule has 8 heteroatoms. The summed E-state index contributed by atoms with van der Waals surface area (Å²) in [5.41, 5.74) is 2.11. The van der Waals surface area contributed by atoms with Crippen LogP contribution in [-0.4, -0.2) is 34.5 Å². The number of aromatic nitrogens is 2. The monoisotopic (exact) mass is 375 g/mol. The minimum Gasteiger partial charge on any atom is -0.495 e. The average Bonchev–Trinajstić information content (AvgIpc) is 2.59. The van der Waals surface area contributed by atoms with Gasteiger partial charge in [-0.2, -0.15) is 0 Å². The predicted molar refractivity (Wildman–Crippen MR) is 101 cm³/mol. The van der Waals surface area contributed by atoms with Crippen molar-refractivity contribution in [2.24, 2.45) is 0 Å². The number of aromatic amines is 1. The quantitative estimate of drug-likeness (QED) is 0.438. The fourth-order valence-electron chi connectivity index (χ4n) is 2.44. The second kappa shape index (κ2) is 8.66. The lowest BCUT2D eigenvalue weighted by Crippen LogP contribution is -2.17. The number of amides is 1. The lowest BCUT2D eigenvalue weighted by molar-refractivity contribution is -0.114. The van der Waals surface area contributed by atoms with Gasteiger partial charge in [-0.15, -0.1) is 0 Å². The lowest BCUT2D eigenvalue weighted by Gasteiger charge is -2.10. The first kappa shape index (κ1) is 19.7. The van der Waals surface area contributed by atoms with Crippen LogP contribution in [-0.2, 0) is 11.2 Å². The number of ether oxygens (including phenoxy) is 1. The molecule has 0 aliphatic rings. The zero-order valence-corrected chi connectivity index (χ0v) is 16.0. The fourth-order valence-corrected chi connectivity index (χ4v) is 3.25. The number of carbonyl (C=O) groups excluding carboxylic acids is 2. The highest BCUT2D eigenvalue weighted by Crippen LogP contribution is 2.26. The van der Waals surface area contributed by atoms with E-state index in [0.29, 0.717) is 39.8 Å². The molecule has 7 nitrogen and oxygen atoms in total. The minimum absolute atomic E-state index is 0.122. The molecule has 2 N–H and O–H groups in total. The second-order valence-corrected chi connectivity index (χ2v) is 6.56. The Hall–Kier alpha value is -2.61. The summed E-state index contributed by atoms with van der Waals surface area (Å²) in [7, 11) is 1.47. The molecule has 0 spiro atoms. The Bertz CT molecular complexity index is 892. The molecule has 0 bridgehead atoms. The van der Waals surface area contributed by atoms with E-state index in [9.17, 15) is 14.4 Å². The Morgan fingerprint density at radius 3 is 2.65 bits per heavy atom. The van der Waals surface area contributed by atoms with Gasteiger partial charge in [-0.3, -0.25) is 14.4 Å². The Labute approximate surface area is 155 Å². The number of nitrogens with zero attached hydrogens (tertiary/aromatic N) is 1. The summed E-state index contributed by atoms with van der Waals surface area (Å²) in [6.07, 6.45) is 0.610. The molecule has 1 aromatic carbocycles. The zero-order valence-electron chi connectivity index (χ0n) is 15.1. The first-order valence-corrected chi connectivity index (χ1v) is 9.05. The van der Waals surface area contributed by atoms with Crippen molar-refractivity contribution in [3.63, 3.8) is 0 Å². The van der Waals surface area contributed by atoms with E-state index >= 15 is 0 Å². The Balaban J connectivity index is 2.13. The second-order valence-electron chi connectivity index (χ2n) is 5.60. The molecule has 0 saturated carbocycles. The highest BCUT2D eigenvalue weighted by Gasteiger charge is 2.13. The number of aryl methyl sites for hydroxylation is 1. The third-order valence-electron chi connectivity index (χ3n) is 3.73. The summed E-state index contributed by atoms with van der Waals surface area (Å²) in [4.78, 5) is 42.6. The SMILES string of the molecule is CCc1c(C)nc(SCC(=O)c2ccc(NC(C)=O)c(OC)c2)[nH]c1=O. The molecule has 2 aromatic rings. The van der Waals surface area contributed by atoms with E-state index in [1.807, 2.05) is 6.92 Å². The van der Waals surface area contributed by atoms with Crippen LogP contribution in [0.25, 0.3) is 0 Å². The summed E-state index contributed by atoms with van der Waals surface area (Å²) >= 11 is 1.17. The molecular weight excluding hydrogens is 354 g/mol. The molecular formula is C18H21N3O4S. The van der Waals surface area contributed by atoms with Gasteiger partial charge in [-0.25, -0.2) is 4.98 Å². The Kier molecular flexibility index (Phi) is 6.57. The molecule has 0 unspecified atom stereocenters. The van der Waals surface area contributed by atoms with Gasteiger partial charge >= 0.3 is 0 Å². The summed E-state index contributed by atoms with van der Waals surface area (Å²) in [6, 6.07) is 4.83. The molecule has 0 radical (unpaired) electrons. The molecule has 0 fully saturated rings. The van der Waals surface area contributed by atoms with Crippen molar-refractivity contribution in [1.82, 2.24) is 9.97 Å². The number of nitrogens with one attached hydrogen (secondary N) is 2. The molecule has 0 aliphatic heterocycles. The molecule has 0 saturated heterocycles. The number of carbonyl (C=O) groups is 2. The van der Waals surface area contributed by atoms with Gasteiger partial charge in [0.25, 0.3) is 5.56 Å². The van der Waals surface area contributed by atoms with Gasteiger partial charge < -0.3 is 15.0 Å². The van der Waals surface area contributed by atoms with Gasteiger partial charge in [-0.05, 0) is 31.5 Å². The van der Waals surface area contributed by atoms with E-state index in [-0.39, 0.29) is 23.0 Å². The zero-order chi connectivity index (χ0) is 19.3. The third kappa shape index (κ3) is 4.72. The maximum atomic E-state index is 12.4. The van der Waals surface area contributed by atoms with Crippen molar-refractivity contribution in [3.05, 3.63) is 45.4 Å². The van der Waals surface area contributed by atoms with Crippen molar-refractivity contribution in [2.75, 3.05) is 18.2 Å². The van der Waals surface area contributed by atoms with Crippen molar-refractivity contribution < 1.29 is 14.3 Å². The average molecular weight is 375 g/mol. The van der Waals surface area contributed by atoms with Gasteiger partial charge in [-0.1, -0.05) is 18.7 Å². The maximum Gasteiger partial charge on any atom is 0.254 e. The summed E-state index contributed by atoms with van der Waals surface area (Å²) in [5.74, 6) is 0.170. The van der Waals surface area contributed by atoms with Crippen LogP contribution in [0, 0.1) is 6.92 Å². The van der Waals surface area contributed by atoms with E-state index in [0.717, 1.165) is 0 Å². The van der Waals surface area contributed by atoms with Crippen molar-refractivity contribution in [3.8, 4) is 5.75 Å². The van der Waals surface area contributed by atoms with Crippen LogP contribution >= 0.6 is 11.8 Å². The number of hydrogen-bond donors (Lipinski definition) is 2. The van der Waals surface area contributed by atoms with Crippen LogP contribution < -0.4 is 15.6 Å². The number of H-pyrrole nitrogens is 1. The normalized spacial score (nSPS) is 10.5. The standard InChI is InChI=1S/C18H21N3O4S/c1-5-13-10(2)19-18(21-17(13)24)26-9-15(23)12-6-7-14(20-11(3)22)16(8-12)25-4/h6-8H,5,9H2,1-4H3,(H,20,22)(H,19,21,24). The van der Waals surface area contributed by atoms with Crippen LogP contribution in [0.15, 0.2) is 28.2 Å². The molecule has 0 aliphatic carbocycles. The van der Waals surface area contributed by atoms with E-state index in [4.69, 9.17) is 4.74 Å². The molecule has 1 amide bonds. The summed E-state index contributed by atoms with van der Waals surface area (Å²) in [6.45, 7) is 5.08. The smallest absolute Gasteiger partial charge is 0.254 e. The van der Waals surface area contributed by atoms with Gasteiger partial charge in [0, 0.05) is 23.7 Å². The third-order valence-corrected chi connectivity index (χ3v) is 4.60. The van der Waals surface area contributed by atoms with Crippen molar-refractivity contribution in [1.29, 1.82) is 0 Å². The van der Waals surface area contributed by atoms with E-state index in [1.165, 1.54) is 25.8 Å². The van der Waals surface area contributed by atoms with E-state index in [2.05, 4.69) is 15.3 Å². The fraction of sp³-hybridized carbons (Fsp3) is 0.333. The molecule has 26 heavy (non-hydrogen) atoms. The summed E-state index contributed by atoms with van der Waals surface area (Å²) in [5, 5.41) is 3.06. The van der Waals surface area contributed by atoms with Crippen LogP contribution in [0.1, 0.15) is 35.5 Å². The maximum absolute atomic E-state index is 12.4. The molecule has 138 valence electrons. The van der Waals surface area contributed by atoms with E-state index < -0.39 is 0 Å². The number of anilines is 1. The summed E-state index contributed by atoms with van der Waals surface area (Å²) < 4.78 is 5.22. The molecule has 2 rings (SSSR count). The van der Waals surface area contributed by atoms with Gasteiger partial charge in [0.05, 0.1) is 18.6 Å². The largest absolute Gasteiger partial charge is 0.495 e. The number of thioether (sulfide) groups is 1. The number of ketones is 1. The van der Waals surface area contributed by atoms with Gasteiger partial charge in [0.1, 0.15) is 5.75 Å². The minimum atomic E-state index is -0.223. The number of rotatable bonds is 7. The van der Waals surface area contributed by atoms with Gasteiger partial charge in [0.2, 0.25) is 5.91 Å². The predicted octanol–water partition coefficient (Wildman–Crippen LogP) is 2.58. The Morgan fingerprint density at radius 1 is 1.35 bits per heavy atom. The topological polar surface area (TPSA) is 101 Å². The Morgan fingerprint density at radius 2 is 2.08 bits per heavy atom. The lowest BCUT2D eigenvalue weighted by atomic mass is 10.1. The first-order chi connectivity index (χ1) is 12.3. The molecule has 1 aromatic heterocycles. The van der Waals surface area contributed by atoms with Crippen molar-refractivity contribution >= 4 is 29.1 Å². The highest BCUT2D eigenvalue weighted by atomic mass is 32.2. The number of Topliss-reactive ketones (excluding diaryl/α,β-unsaturated/α-hetero) is 1. The van der Waals surface area contributed by atoms with Crippen LogP contribution in [0.4, 0.5) is 5.69 Å². The van der Waals surface area contributed by atoms with Crippen molar-refractivity contribution in [2.45, 2.75) is 32.3 Å². The number of hydrogen-bond acceptors (Lipinski definition) is 6. The molecule has 1 heterocycles. The molecule has 0 atom stereocenters. The highest BCUT2D eigenvalue weighted by molar-refractivity contribution is 7.99. The number of benzene rings is 1. The van der Waals surface area contributed by atoms with Crippen LogP contribution in [0.2, 0.25) is 0 Å². The first-order valence-electron chi connectivity index (χ1n) is 8.07.